The Bertz CT molecular complexity index is 170. The van der Waals surface area contributed by atoms with E-state index in [0.29, 0.717) is 0 Å². The highest BCUT2D eigenvalue weighted by molar-refractivity contribution is 6.14. The molecule has 1 heterocycles. The molecule has 2 unspecified atom stereocenters. The lowest BCUT2D eigenvalue weighted by atomic mass is 10.1. The summed E-state index contributed by atoms with van der Waals surface area (Å²) in [6.07, 6.45) is 4.08. The molecule has 0 amide bonds. The summed E-state index contributed by atoms with van der Waals surface area (Å²) < 4.78 is 11.1. The van der Waals surface area contributed by atoms with E-state index in [0.717, 1.165) is 23.3 Å². The molecule has 0 aromatic carbocycles. The fourth-order valence-electron chi connectivity index (χ4n) is 2.13. The van der Waals surface area contributed by atoms with Gasteiger partial charge in [-0.05, 0) is 19.8 Å². The highest BCUT2D eigenvalue weighted by Crippen LogP contribution is 2.21. The molecule has 14 heavy (non-hydrogen) atoms. The van der Waals surface area contributed by atoms with Crippen LogP contribution in [-0.4, -0.2) is 53.9 Å². The van der Waals surface area contributed by atoms with Crippen molar-refractivity contribution in [1.82, 2.24) is 4.90 Å². The number of rotatable bonds is 4. The Morgan fingerprint density at radius 1 is 1.21 bits per heavy atom. The Labute approximate surface area is 90.2 Å². The third kappa shape index (κ3) is 2.79. The van der Waals surface area contributed by atoms with Gasteiger partial charge in [-0.25, -0.2) is 0 Å². The lowest BCUT2D eigenvalue weighted by Gasteiger charge is -2.41. The van der Waals surface area contributed by atoms with Crippen molar-refractivity contribution in [3.05, 3.63) is 0 Å². The quantitative estimate of drug-likeness (QED) is 0.627. The van der Waals surface area contributed by atoms with Gasteiger partial charge in [-0.1, -0.05) is 6.42 Å². The normalized spacial score (nSPS) is 25.9. The van der Waals surface area contributed by atoms with E-state index in [4.69, 9.17) is 9.47 Å². The lowest BCUT2D eigenvalue weighted by molar-refractivity contribution is -0.138. The van der Waals surface area contributed by atoms with Gasteiger partial charge in [0, 0.05) is 37.6 Å². The molecule has 3 nitrogen and oxygen atoms in total. The average molecular weight is 217 g/mol. The predicted octanol–water partition coefficient (Wildman–Crippen LogP) is 0.173. The van der Waals surface area contributed by atoms with Crippen molar-refractivity contribution in [1.29, 1.82) is 0 Å². The molecule has 2 atom stereocenters. The molecule has 84 valence electrons. The summed E-state index contributed by atoms with van der Waals surface area (Å²) >= 11 is 0. The maximum atomic E-state index is 5.58. The van der Waals surface area contributed by atoms with Gasteiger partial charge in [0.15, 0.2) is 0 Å². The number of likely N-dealkylation sites (tertiary alicyclic amines) is 1. The van der Waals surface area contributed by atoms with E-state index in [1.807, 2.05) is 0 Å². The maximum absolute atomic E-state index is 5.58. The van der Waals surface area contributed by atoms with Crippen LogP contribution in [0.4, 0.5) is 0 Å². The maximum Gasteiger partial charge on any atom is 0.135 e. The van der Waals surface area contributed by atoms with Crippen LogP contribution in [0.2, 0.25) is 0 Å². The minimum absolute atomic E-state index is 0.0912. The fourth-order valence-corrected chi connectivity index (χ4v) is 2.73. The lowest BCUT2D eigenvalue weighted by Crippen LogP contribution is -2.55. The number of hydrogen-bond donors (Lipinski definition) is 0. The van der Waals surface area contributed by atoms with Crippen LogP contribution in [-0.2, 0) is 9.47 Å². The summed E-state index contributed by atoms with van der Waals surface area (Å²) in [6.45, 7) is 4.45. The number of hydrogen-bond acceptors (Lipinski definition) is 3. The molecule has 0 saturated carbocycles. The second-order valence-electron chi connectivity index (χ2n) is 4.49. The molecule has 0 radical (unpaired) electrons. The molecule has 0 bridgehead atoms. The summed E-state index contributed by atoms with van der Waals surface area (Å²) in [5.41, 5.74) is 0. The third-order valence-corrected chi connectivity index (χ3v) is 3.97. The monoisotopic (exact) mass is 217 g/mol. The zero-order valence-electron chi connectivity index (χ0n) is 9.88. The van der Waals surface area contributed by atoms with Gasteiger partial charge in [-0.2, -0.15) is 0 Å². The number of piperidine rings is 1. The first-order valence-electron chi connectivity index (χ1n) is 5.44. The average Bonchev–Trinajstić information content (AvgIpc) is 2.20. The summed E-state index contributed by atoms with van der Waals surface area (Å²) in [5, 5.41) is -0.0912. The van der Waals surface area contributed by atoms with Crippen molar-refractivity contribution >= 4 is 10.2 Å². The summed E-state index contributed by atoms with van der Waals surface area (Å²) in [6, 6.07) is 0. The first-order chi connectivity index (χ1) is 6.61. The molecular formula is C10H23NO2Si. The van der Waals surface area contributed by atoms with E-state index in [9.17, 15) is 0 Å². The fraction of sp³-hybridized carbons (Fsp3) is 1.00. The predicted molar refractivity (Wildman–Crippen MR) is 61.6 cm³/mol. The van der Waals surface area contributed by atoms with E-state index in [1.54, 1.807) is 14.2 Å². The van der Waals surface area contributed by atoms with E-state index >= 15 is 0 Å². The third-order valence-electron chi connectivity index (χ3n) is 3.07. The van der Waals surface area contributed by atoms with Crippen LogP contribution < -0.4 is 0 Å². The Hall–Kier alpha value is 0.0969. The number of methoxy groups -OCH3 is 2. The molecule has 1 saturated heterocycles. The summed E-state index contributed by atoms with van der Waals surface area (Å²) in [7, 11) is 4.55. The van der Waals surface area contributed by atoms with Crippen molar-refractivity contribution in [3.63, 3.8) is 0 Å². The largest absolute Gasteiger partial charge is 0.379 e. The van der Waals surface area contributed by atoms with Gasteiger partial charge in [0.05, 0.1) is 5.22 Å². The van der Waals surface area contributed by atoms with Gasteiger partial charge in [-0.15, -0.1) is 0 Å². The first-order valence-corrected chi connectivity index (χ1v) is 6.44. The molecule has 1 aliphatic rings. The molecule has 0 aliphatic carbocycles. The molecule has 0 aromatic heterocycles. The van der Waals surface area contributed by atoms with E-state index in [1.165, 1.54) is 19.3 Å². The second-order valence-corrected chi connectivity index (χ2v) is 6.48. The Balaban J connectivity index is 2.59. The summed E-state index contributed by atoms with van der Waals surface area (Å²) in [4.78, 5) is 2.42. The molecule has 0 aromatic rings. The van der Waals surface area contributed by atoms with Crippen molar-refractivity contribution in [2.45, 2.75) is 37.6 Å². The van der Waals surface area contributed by atoms with Gasteiger partial charge >= 0.3 is 0 Å². The standard InChI is InChI=1S/C10H23NO2Si/c1-10(14,13-3)9(12-2)11-7-5-4-6-8-11/h9H,4-8H2,1-3,14H3. The van der Waals surface area contributed by atoms with E-state index < -0.39 is 0 Å². The molecule has 0 spiro atoms. The van der Waals surface area contributed by atoms with E-state index in [-0.39, 0.29) is 11.5 Å². The Kier molecular flexibility index (Phi) is 4.57. The smallest absolute Gasteiger partial charge is 0.135 e. The molecular weight excluding hydrogens is 194 g/mol. The van der Waals surface area contributed by atoms with Crippen LogP contribution in [0, 0.1) is 0 Å². The highest BCUT2D eigenvalue weighted by atomic mass is 28.1. The van der Waals surface area contributed by atoms with Crippen LogP contribution in [0.15, 0.2) is 0 Å². The Morgan fingerprint density at radius 3 is 2.21 bits per heavy atom. The van der Waals surface area contributed by atoms with Gasteiger partial charge in [0.25, 0.3) is 0 Å². The van der Waals surface area contributed by atoms with Crippen LogP contribution >= 0.6 is 0 Å². The van der Waals surface area contributed by atoms with Gasteiger partial charge in [-0.3, -0.25) is 4.90 Å². The zero-order valence-corrected chi connectivity index (χ0v) is 11.9. The molecule has 0 N–H and O–H groups in total. The van der Waals surface area contributed by atoms with Crippen molar-refractivity contribution in [2.75, 3.05) is 27.3 Å². The van der Waals surface area contributed by atoms with Gasteiger partial charge in [0.2, 0.25) is 0 Å². The molecule has 1 fully saturated rings. The van der Waals surface area contributed by atoms with Crippen LogP contribution in [0.3, 0.4) is 0 Å². The van der Waals surface area contributed by atoms with Crippen LogP contribution in [0.5, 0.6) is 0 Å². The number of ether oxygens (including phenoxy) is 2. The molecule has 4 heteroatoms. The van der Waals surface area contributed by atoms with E-state index in [2.05, 4.69) is 11.8 Å². The second kappa shape index (κ2) is 5.26. The van der Waals surface area contributed by atoms with Gasteiger partial charge < -0.3 is 9.47 Å². The van der Waals surface area contributed by atoms with Crippen LogP contribution in [0.25, 0.3) is 0 Å². The number of nitrogens with zero attached hydrogens (tertiary/aromatic N) is 1. The summed E-state index contributed by atoms with van der Waals surface area (Å²) in [5.74, 6) is 0. The first kappa shape index (κ1) is 12.2. The van der Waals surface area contributed by atoms with Gasteiger partial charge in [0.1, 0.15) is 6.23 Å². The SMILES string of the molecule is COC(N1CCCCC1)C(C)([SiH3])OC. The molecule has 1 rings (SSSR count). The topological polar surface area (TPSA) is 21.7 Å². The minimum Gasteiger partial charge on any atom is -0.379 e. The van der Waals surface area contributed by atoms with Crippen LogP contribution in [0.1, 0.15) is 26.2 Å². The minimum atomic E-state index is -0.0912. The van der Waals surface area contributed by atoms with Crippen molar-refractivity contribution in [2.24, 2.45) is 0 Å². The van der Waals surface area contributed by atoms with Crippen molar-refractivity contribution in [3.8, 4) is 0 Å². The zero-order chi connectivity index (χ0) is 10.6. The molecule has 1 aliphatic heterocycles. The highest BCUT2D eigenvalue weighted by Gasteiger charge is 2.34. The van der Waals surface area contributed by atoms with Crippen molar-refractivity contribution < 1.29 is 9.47 Å². The Morgan fingerprint density at radius 2 is 1.79 bits per heavy atom.